The lowest BCUT2D eigenvalue weighted by atomic mass is 9.83. The van der Waals surface area contributed by atoms with Crippen LogP contribution in [0.5, 0.6) is 0 Å². The topological polar surface area (TPSA) is 12.0 Å². The van der Waals surface area contributed by atoms with Gasteiger partial charge in [0.05, 0.1) is 0 Å². The monoisotopic (exact) mass is 607 g/mol. The second-order valence-electron chi connectivity index (χ2n) is 11.5. The van der Waals surface area contributed by atoms with Gasteiger partial charge in [0.2, 0.25) is 0 Å². The molecule has 0 bridgehead atoms. The Morgan fingerprint density at radius 2 is 1.53 bits per heavy atom. The number of anilines is 1. The van der Waals surface area contributed by atoms with Gasteiger partial charge in [-0.1, -0.05) is 147 Å². The molecule has 0 aromatic heterocycles. The van der Waals surface area contributed by atoms with Crippen molar-refractivity contribution in [2.24, 2.45) is 5.92 Å². The molecule has 4 aliphatic rings. The zero-order valence-corrected chi connectivity index (χ0v) is 27.9. The number of hydrogen-bond donors (Lipinski definition) is 1. The number of hydrogen-bond acceptors (Lipinski definition) is 2. The summed E-state index contributed by atoms with van der Waals surface area (Å²) in [7, 11) is 0. The van der Waals surface area contributed by atoms with Crippen LogP contribution < -0.4 is 5.32 Å². The first-order valence-corrected chi connectivity index (χ1v) is 17.1. The maximum atomic E-state index is 4.61. The fraction of sp³-hybridized carbons (Fsp3) is 0.209. The summed E-state index contributed by atoms with van der Waals surface area (Å²) in [6.07, 6.45) is 23.0. The van der Waals surface area contributed by atoms with Gasteiger partial charge in [-0.25, -0.2) is 0 Å². The molecule has 0 saturated carbocycles. The third-order valence-corrected chi connectivity index (χ3v) is 9.65. The summed E-state index contributed by atoms with van der Waals surface area (Å²) in [5.41, 5.74) is 12.6. The van der Waals surface area contributed by atoms with Gasteiger partial charge in [-0.05, 0) is 83.5 Å². The van der Waals surface area contributed by atoms with Crippen LogP contribution in [0.3, 0.4) is 0 Å². The molecule has 3 aromatic carbocycles. The molecule has 0 fully saturated rings. The average molecular weight is 608 g/mol. The SMILES string of the molecule is C=C(C1=CCC=C1Nc1ccc(Cc2ccccc2)cc1)c1ccccc1C1=C(C)SC2C=CC=CC12.CC.CC1=CC=CC1. The van der Waals surface area contributed by atoms with E-state index in [-0.39, 0.29) is 0 Å². The molecule has 0 saturated heterocycles. The van der Waals surface area contributed by atoms with E-state index in [0.29, 0.717) is 11.2 Å². The third-order valence-electron chi connectivity index (χ3n) is 8.35. The highest BCUT2D eigenvalue weighted by Crippen LogP contribution is 2.50. The molecule has 0 amide bonds. The van der Waals surface area contributed by atoms with Gasteiger partial charge >= 0.3 is 0 Å². The quantitative estimate of drug-likeness (QED) is 0.287. The lowest BCUT2D eigenvalue weighted by Gasteiger charge is -2.22. The van der Waals surface area contributed by atoms with E-state index in [9.17, 15) is 0 Å². The van der Waals surface area contributed by atoms with Crippen LogP contribution in [0, 0.1) is 5.92 Å². The molecule has 0 radical (unpaired) electrons. The standard InChI is InChI=1S/C35H31NS.C6H8.C2H6/c1-24(29-13-6-7-14-31(29)35-25(2)37-34-18-9-8-15-32(34)35)30-16-10-17-33(30)36-28-21-19-27(20-22-28)23-26-11-4-3-5-12-26;1-6-4-2-3-5-6;1-2/h3-9,11-22,32,34,36H,1,10,23H2,2H3;2-4H,5H2,1H3;1-2H3. The predicted molar refractivity (Wildman–Crippen MR) is 200 cm³/mol. The maximum Gasteiger partial charge on any atom is 0.0423 e. The Morgan fingerprint density at radius 1 is 0.822 bits per heavy atom. The van der Waals surface area contributed by atoms with Crippen molar-refractivity contribution >= 4 is 28.6 Å². The highest BCUT2D eigenvalue weighted by atomic mass is 32.2. The van der Waals surface area contributed by atoms with Crippen molar-refractivity contribution < 1.29 is 0 Å². The molecule has 2 heteroatoms. The van der Waals surface area contributed by atoms with Gasteiger partial charge in [-0.3, -0.25) is 0 Å². The van der Waals surface area contributed by atoms with Crippen molar-refractivity contribution in [3.63, 3.8) is 0 Å². The van der Waals surface area contributed by atoms with Crippen molar-refractivity contribution in [2.45, 2.75) is 52.2 Å². The smallest absolute Gasteiger partial charge is 0.0423 e. The summed E-state index contributed by atoms with van der Waals surface area (Å²) in [5, 5.41) is 4.17. The molecule has 228 valence electrons. The van der Waals surface area contributed by atoms with E-state index >= 15 is 0 Å². The van der Waals surface area contributed by atoms with E-state index in [2.05, 4.69) is 159 Å². The van der Waals surface area contributed by atoms with Gasteiger partial charge in [0.1, 0.15) is 0 Å². The summed E-state index contributed by atoms with van der Waals surface area (Å²) in [6.45, 7) is 13.0. The Balaban J connectivity index is 0.000000443. The first-order valence-electron chi connectivity index (χ1n) is 16.2. The minimum Gasteiger partial charge on any atom is -0.355 e. The number of nitrogens with one attached hydrogen (secondary N) is 1. The van der Waals surface area contributed by atoms with E-state index in [0.717, 1.165) is 29.8 Å². The lowest BCUT2D eigenvalue weighted by molar-refractivity contribution is 0.874. The molecule has 7 rings (SSSR count). The van der Waals surface area contributed by atoms with Gasteiger partial charge < -0.3 is 5.32 Å². The van der Waals surface area contributed by atoms with Gasteiger partial charge in [-0.15, -0.1) is 11.8 Å². The Bertz CT molecular complexity index is 1710. The first kappa shape index (κ1) is 32.1. The highest BCUT2D eigenvalue weighted by molar-refractivity contribution is 8.04. The van der Waals surface area contributed by atoms with Crippen LogP contribution in [0.2, 0.25) is 0 Å². The molecule has 0 spiro atoms. The van der Waals surface area contributed by atoms with E-state index < -0.39 is 0 Å². The average Bonchev–Trinajstić information content (AvgIpc) is 3.83. The van der Waals surface area contributed by atoms with Crippen molar-refractivity contribution in [1.29, 1.82) is 0 Å². The first-order chi connectivity index (χ1) is 22.1. The normalized spacial score (nSPS) is 19.1. The minimum atomic E-state index is 0.420. The van der Waals surface area contributed by atoms with E-state index in [1.165, 1.54) is 50.3 Å². The predicted octanol–water partition coefficient (Wildman–Crippen LogP) is 12.1. The lowest BCUT2D eigenvalue weighted by Crippen LogP contribution is -2.12. The maximum absolute atomic E-state index is 4.61. The number of thioether (sulfide) groups is 1. The largest absolute Gasteiger partial charge is 0.355 e. The molecular formula is C43H45NS. The summed E-state index contributed by atoms with van der Waals surface area (Å²) in [6, 6.07) is 28.2. The molecular weight excluding hydrogens is 563 g/mol. The summed E-state index contributed by atoms with van der Waals surface area (Å²) >= 11 is 1.98. The Kier molecular flexibility index (Phi) is 11.2. The number of rotatable bonds is 7. The fourth-order valence-electron chi connectivity index (χ4n) is 6.12. The van der Waals surface area contributed by atoms with Gasteiger partial charge in [0.15, 0.2) is 0 Å². The molecule has 3 aliphatic carbocycles. The molecule has 1 N–H and O–H groups in total. The highest BCUT2D eigenvalue weighted by Gasteiger charge is 2.33. The van der Waals surface area contributed by atoms with Crippen LogP contribution in [-0.4, -0.2) is 5.25 Å². The minimum absolute atomic E-state index is 0.420. The molecule has 1 heterocycles. The number of fused-ring (bicyclic) bond motifs is 1. The zero-order valence-electron chi connectivity index (χ0n) is 27.1. The van der Waals surface area contributed by atoms with E-state index in [4.69, 9.17) is 0 Å². The van der Waals surface area contributed by atoms with Crippen LogP contribution in [0.4, 0.5) is 5.69 Å². The number of benzene rings is 3. The molecule has 45 heavy (non-hydrogen) atoms. The molecule has 2 atom stereocenters. The van der Waals surface area contributed by atoms with Crippen molar-refractivity contribution in [3.05, 3.63) is 184 Å². The second-order valence-corrected chi connectivity index (χ2v) is 12.9. The van der Waals surface area contributed by atoms with Crippen molar-refractivity contribution in [1.82, 2.24) is 0 Å². The molecule has 1 aliphatic heterocycles. The Labute approximate surface area is 275 Å². The van der Waals surface area contributed by atoms with E-state index in [1.807, 2.05) is 25.6 Å². The molecule has 2 unspecified atom stereocenters. The van der Waals surface area contributed by atoms with Gasteiger partial charge in [0, 0.05) is 28.1 Å². The second kappa shape index (κ2) is 15.6. The van der Waals surface area contributed by atoms with Gasteiger partial charge in [0.25, 0.3) is 0 Å². The molecule has 1 nitrogen and oxygen atoms in total. The van der Waals surface area contributed by atoms with Crippen LogP contribution in [-0.2, 0) is 6.42 Å². The van der Waals surface area contributed by atoms with Crippen LogP contribution in [0.15, 0.2) is 162 Å². The summed E-state index contributed by atoms with van der Waals surface area (Å²) < 4.78 is 0. The van der Waals surface area contributed by atoms with Crippen molar-refractivity contribution in [3.8, 4) is 0 Å². The summed E-state index contributed by atoms with van der Waals surface area (Å²) in [4.78, 5) is 1.41. The van der Waals surface area contributed by atoms with Crippen molar-refractivity contribution in [2.75, 3.05) is 5.32 Å². The van der Waals surface area contributed by atoms with Crippen LogP contribution in [0.1, 0.15) is 62.8 Å². The fourth-order valence-corrected chi connectivity index (χ4v) is 7.45. The van der Waals surface area contributed by atoms with Crippen LogP contribution in [0.25, 0.3) is 11.1 Å². The van der Waals surface area contributed by atoms with E-state index in [1.54, 1.807) is 0 Å². The van der Waals surface area contributed by atoms with Crippen LogP contribution >= 0.6 is 11.8 Å². The summed E-state index contributed by atoms with van der Waals surface area (Å²) in [5.74, 6) is 0.420. The third kappa shape index (κ3) is 7.88. The van der Waals surface area contributed by atoms with Gasteiger partial charge in [-0.2, -0.15) is 0 Å². The number of allylic oxidation sites excluding steroid dienone is 12. The Hall–Kier alpha value is -4.27. The molecule has 3 aromatic rings. The Morgan fingerprint density at radius 3 is 2.24 bits per heavy atom. The zero-order chi connectivity index (χ0) is 31.6.